The highest BCUT2D eigenvalue weighted by molar-refractivity contribution is 6.17. The van der Waals surface area contributed by atoms with E-state index in [-0.39, 0.29) is 29.5 Å². The van der Waals surface area contributed by atoms with E-state index in [0.29, 0.717) is 18.5 Å². The van der Waals surface area contributed by atoms with Crippen LogP contribution in [0.2, 0.25) is 0 Å². The van der Waals surface area contributed by atoms with Gasteiger partial charge in [0.1, 0.15) is 0 Å². The topological polar surface area (TPSA) is 108 Å². The van der Waals surface area contributed by atoms with Crippen molar-refractivity contribution in [2.24, 2.45) is 10.9 Å². The van der Waals surface area contributed by atoms with Crippen molar-refractivity contribution in [1.82, 2.24) is 4.90 Å². The number of carboxylic acid groups (broad SMARTS) is 1. The third-order valence-electron chi connectivity index (χ3n) is 7.40. The van der Waals surface area contributed by atoms with Gasteiger partial charge in [-0.1, -0.05) is 78.9 Å². The van der Waals surface area contributed by atoms with Crippen LogP contribution in [0.25, 0.3) is 0 Å². The van der Waals surface area contributed by atoms with Gasteiger partial charge in [0.25, 0.3) is 0 Å². The lowest BCUT2D eigenvalue weighted by Gasteiger charge is -2.25. The molecule has 11 heteroatoms. The van der Waals surface area contributed by atoms with Crippen LogP contribution in [0.5, 0.6) is 0 Å². The maximum absolute atomic E-state index is 14.2. The second-order valence-electron chi connectivity index (χ2n) is 10.4. The van der Waals surface area contributed by atoms with Crippen molar-refractivity contribution in [3.05, 3.63) is 102 Å². The van der Waals surface area contributed by atoms with E-state index in [4.69, 9.17) is 4.74 Å². The molecule has 3 aromatic carbocycles. The fourth-order valence-electron chi connectivity index (χ4n) is 5.30. The number of halogens is 3. The van der Waals surface area contributed by atoms with Crippen molar-refractivity contribution in [2.75, 3.05) is 18.5 Å². The Morgan fingerprint density at radius 1 is 1.00 bits per heavy atom. The van der Waals surface area contributed by atoms with Crippen molar-refractivity contribution < 1.29 is 37.4 Å². The van der Waals surface area contributed by atoms with Crippen LogP contribution in [-0.4, -0.2) is 65.0 Å². The van der Waals surface area contributed by atoms with E-state index in [0.717, 1.165) is 18.5 Å². The van der Waals surface area contributed by atoms with Gasteiger partial charge < -0.3 is 15.2 Å². The van der Waals surface area contributed by atoms with E-state index in [1.165, 1.54) is 6.92 Å². The quantitative estimate of drug-likeness (QED) is 0.201. The summed E-state index contributed by atoms with van der Waals surface area (Å²) in [5.74, 6) is -5.97. The average Bonchev–Trinajstić information content (AvgIpc) is 3.46. The molecule has 1 amide bonds. The van der Waals surface area contributed by atoms with Crippen LogP contribution in [0.4, 0.5) is 18.9 Å². The summed E-state index contributed by atoms with van der Waals surface area (Å²) in [5.41, 5.74) is 1.84. The van der Waals surface area contributed by atoms with E-state index in [1.807, 2.05) is 30.3 Å². The average molecular weight is 610 g/mol. The summed E-state index contributed by atoms with van der Waals surface area (Å²) in [4.78, 5) is 44.2. The Bertz CT molecular complexity index is 1460. The van der Waals surface area contributed by atoms with Gasteiger partial charge in [0.15, 0.2) is 6.04 Å². The largest absolute Gasteiger partial charge is 0.480 e. The number of hydrogen-bond donors (Lipinski definition) is 2. The van der Waals surface area contributed by atoms with Crippen molar-refractivity contribution >= 4 is 29.2 Å². The number of aliphatic carboxylic acids is 1. The number of alkyl halides is 3. The van der Waals surface area contributed by atoms with Gasteiger partial charge in [-0.25, -0.2) is 4.79 Å². The number of aliphatic imine (C=N–C) groups is 1. The first-order valence-corrected chi connectivity index (χ1v) is 14.3. The van der Waals surface area contributed by atoms with Gasteiger partial charge in [0.2, 0.25) is 5.91 Å². The molecular formula is C33H34F3N3O5. The maximum atomic E-state index is 14.2. The predicted molar refractivity (Wildman–Crippen MR) is 159 cm³/mol. The summed E-state index contributed by atoms with van der Waals surface area (Å²) >= 11 is 0. The van der Waals surface area contributed by atoms with Crippen LogP contribution in [0, 0.1) is 5.92 Å². The van der Waals surface area contributed by atoms with Gasteiger partial charge in [-0.3, -0.25) is 19.5 Å². The smallest absolute Gasteiger partial charge is 0.395 e. The normalized spacial score (nSPS) is 17.1. The van der Waals surface area contributed by atoms with Crippen molar-refractivity contribution in [3.63, 3.8) is 0 Å². The van der Waals surface area contributed by atoms with Crippen molar-refractivity contribution in [2.45, 2.75) is 51.0 Å². The van der Waals surface area contributed by atoms with Crippen LogP contribution in [0.15, 0.2) is 89.9 Å². The number of anilines is 1. The zero-order valence-corrected chi connectivity index (χ0v) is 24.2. The molecule has 8 nitrogen and oxygen atoms in total. The van der Waals surface area contributed by atoms with E-state index in [1.54, 1.807) is 54.6 Å². The summed E-state index contributed by atoms with van der Waals surface area (Å²) in [5, 5.41) is 12.9. The molecule has 0 saturated carbocycles. The number of nitrogens with one attached hydrogen (secondary N) is 1. The molecule has 44 heavy (non-hydrogen) atoms. The zero-order chi connectivity index (χ0) is 31.7. The molecular weight excluding hydrogens is 575 g/mol. The minimum Gasteiger partial charge on any atom is -0.480 e. The Kier molecular flexibility index (Phi) is 10.9. The first-order chi connectivity index (χ1) is 21.1. The van der Waals surface area contributed by atoms with Crippen LogP contribution in [0.1, 0.15) is 42.9 Å². The lowest BCUT2D eigenvalue weighted by Crippen LogP contribution is -2.41. The number of nitrogens with zero attached hydrogens (tertiary/aromatic N) is 2. The monoisotopic (exact) mass is 609 g/mol. The standard InChI is InChI=1S/C33H34F3N3O5/c1-2-44-28(40)20-25(33(34,35)36)30(32(42)43)38-29(23-14-7-4-8-15-23)24-16-9-10-17-26(24)37-31(41)27-18-11-19-39(27)21-22-12-5-3-6-13-22/h3-10,12-17,25,27,30H,2,11,18-21H2,1H3,(H,37,41)(H,42,43)/t25-,27-,30-/m0/s1. The first-order valence-electron chi connectivity index (χ1n) is 14.3. The van der Waals surface area contributed by atoms with Crippen molar-refractivity contribution in [1.29, 1.82) is 0 Å². The van der Waals surface area contributed by atoms with Gasteiger partial charge in [0, 0.05) is 17.7 Å². The number of carbonyl (C=O) groups excluding carboxylic acids is 2. The molecule has 0 bridgehead atoms. The minimum atomic E-state index is -5.07. The van der Waals surface area contributed by atoms with E-state index in [9.17, 15) is 32.7 Å². The van der Waals surface area contributed by atoms with Crippen LogP contribution >= 0.6 is 0 Å². The fourth-order valence-corrected chi connectivity index (χ4v) is 5.30. The molecule has 2 N–H and O–H groups in total. The van der Waals surface area contributed by atoms with Crippen LogP contribution in [0.3, 0.4) is 0 Å². The highest BCUT2D eigenvalue weighted by Crippen LogP contribution is 2.35. The number of rotatable bonds is 12. The second kappa shape index (κ2) is 14.8. The molecule has 3 atom stereocenters. The van der Waals surface area contributed by atoms with Crippen LogP contribution in [-0.2, 0) is 25.7 Å². The number of para-hydroxylation sites is 1. The molecule has 1 fully saturated rings. The number of benzene rings is 3. The SMILES string of the molecule is CCOC(=O)C[C@@H]([C@H](N=C(c1ccccc1)c1ccccc1NC(=O)[C@@H]1CCCN1Cc1ccccc1)C(=O)O)C(F)(F)F. The number of hydrogen-bond acceptors (Lipinski definition) is 6. The molecule has 4 rings (SSSR count). The predicted octanol–water partition coefficient (Wildman–Crippen LogP) is 5.71. The highest BCUT2D eigenvalue weighted by atomic mass is 19.4. The van der Waals surface area contributed by atoms with Gasteiger partial charge >= 0.3 is 18.1 Å². The Morgan fingerprint density at radius 2 is 1.64 bits per heavy atom. The summed E-state index contributed by atoms with van der Waals surface area (Å²) < 4.78 is 47.3. The Labute approximate surface area is 253 Å². The van der Waals surface area contributed by atoms with Gasteiger partial charge in [-0.15, -0.1) is 0 Å². The van der Waals surface area contributed by atoms with Gasteiger partial charge in [0.05, 0.1) is 36.4 Å². The summed E-state index contributed by atoms with van der Waals surface area (Å²) in [6.45, 7) is 2.59. The molecule has 0 spiro atoms. The maximum Gasteiger partial charge on any atom is 0.395 e. The summed E-state index contributed by atoms with van der Waals surface area (Å²) in [7, 11) is 0. The Hall–Kier alpha value is -4.51. The molecule has 1 saturated heterocycles. The number of likely N-dealkylation sites (tertiary alicyclic amines) is 1. The van der Waals surface area contributed by atoms with Crippen molar-refractivity contribution in [3.8, 4) is 0 Å². The van der Waals surface area contributed by atoms with E-state index in [2.05, 4.69) is 15.2 Å². The third-order valence-corrected chi connectivity index (χ3v) is 7.40. The minimum absolute atomic E-state index is 0.0698. The Balaban J connectivity index is 1.72. The molecule has 1 aliphatic rings. The molecule has 3 aromatic rings. The number of carbonyl (C=O) groups is 3. The second-order valence-corrected chi connectivity index (χ2v) is 10.4. The van der Waals surface area contributed by atoms with Crippen LogP contribution < -0.4 is 5.32 Å². The van der Waals surface area contributed by atoms with Gasteiger partial charge in [-0.2, -0.15) is 13.2 Å². The summed E-state index contributed by atoms with van der Waals surface area (Å²) in [6, 6.07) is 21.5. The molecule has 1 heterocycles. The van der Waals surface area contributed by atoms with Gasteiger partial charge in [-0.05, 0) is 37.9 Å². The molecule has 0 aliphatic carbocycles. The van der Waals surface area contributed by atoms with E-state index < -0.39 is 42.5 Å². The lowest BCUT2D eigenvalue weighted by molar-refractivity contribution is -0.193. The summed E-state index contributed by atoms with van der Waals surface area (Å²) in [6.07, 6.45) is -4.83. The molecule has 1 aliphatic heterocycles. The number of amides is 1. The third kappa shape index (κ3) is 8.31. The zero-order valence-electron chi connectivity index (χ0n) is 24.2. The van der Waals surface area contributed by atoms with E-state index >= 15 is 0 Å². The first kappa shape index (κ1) is 32.4. The number of esters is 1. The Morgan fingerprint density at radius 3 is 2.27 bits per heavy atom. The highest BCUT2D eigenvalue weighted by Gasteiger charge is 2.49. The molecule has 0 aromatic heterocycles. The fraction of sp³-hybridized carbons (Fsp3) is 0.333. The molecule has 232 valence electrons. The molecule has 0 radical (unpaired) electrons. The number of carboxylic acids is 1. The molecule has 0 unspecified atom stereocenters. The lowest BCUT2D eigenvalue weighted by atomic mass is 9.94. The number of ether oxygens (including phenoxy) is 1.